The number of aromatic carboxylic acids is 1. The SMILES string of the molecule is CC1COc2c(NCCCC3CCc4ccccc4N3)c(F)c(N)c3c(=O)c(C(=O)O)cn1c23. The van der Waals surface area contributed by atoms with Gasteiger partial charge in [0.05, 0.1) is 22.6 Å². The van der Waals surface area contributed by atoms with Crippen molar-refractivity contribution < 1.29 is 19.0 Å². The smallest absolute Gasteiger partial charge is 0.341 e. The number of hydrogen-bond acceptors (Lipinski definition) is 6. The zero-order valence-electron chi connectivity index (χ0n) is 18.9. The molecule has 2 aliphatic heterocycles. The summed E-state index contributed by atoms with van der Waals surface area (Å²) in [5, 5.41) is 16.0. The molecule has 0 saturated heterocycles. The fraction of sp³-hybridized carbons (Fsp3) is 0.360. The minimum atomic E-state index is -1.38. The number of aromatic nitrogens is 1. The number of aryl methyl sites for hydroxylation is 1. The number of pyridine rings is 1. The zero-order valence-corrected chi connectivity index (χ0v) is 18.9. The van der Waals surface area contributed by atoms with Crippen molar-refractivity contribution >= 4 is 33.9 Å². The van der Waals surface area contributed by atoms with Crippen LogP contribution in [0.2, 0.25) is 0 Å². The quantitative estimate of drug-likeness (QED) is 0.320. The van der Waals surface area contributed by atoms with Gasteiger partial charge in [0.2, 0.25) is 5.43 Å². The summed E-state index contributed by atoms with van der Waals surface area (Å²) < 4.78 is 22.8. The van der Waals surface area contributed by atoms with Crippen LogP contribution in [0.3, 0.4) is 0 Å². The lowest BCUT2D eigenvalue weighted by atomic mass is 9.95. The van der Waals surface area contributed by atoms with Crippen LogP contribution in [0.15, 0.2) is 35.3 Å². The summed E-state index contributed by atoms with van der Waals surface area (Å²) in [6, 6.07) is 8.40. The Morgan fingerprint density at radius 1 is 1.38 bits per heavy atom. The summed E-state index contributed by atoms with van der Waals surface area (Å²) in [6.07, 6.45) is 5.06. The van der Waals surface area contributed by atoms with E-state index in [2.05, 4.69) is 22.8 Å². The molecule has 9 heteroatoms. The van der Waals surface area contributed by atoms with Crippen molar-refractivity contribution in [1.82, 2.24) is 4.57 Å². The van der Waals surface area contributed by atoms with Crippen LogP contribution >= 0.6 is 0 Å². The maximum atomic E-state index is 15.3. The molecule has 2 unspecified atom stereocenters. The van der Waals surface area contributed by atoms with Crippen LogP contribution in [0.1, 0.15) is 48.1 Å². The Morgan fingerprint density at radius 2 is 2.18 bits per heavy atom. The number of carboxylic acids is 1. The van der Waals surface area contributed by atoms with E-state index < -0.39 is 22.8 Å². The molecule has 8 nitrogen and oxygen atoms in total. The summed E-state index contributed by atoms with van der Waals surface area (Å²) in [7, 11) is 0. The van der Waals surface area contributed by atoms with E-state index in [9.17, 15) is 14.7 Å². The maximum Gasteiger partial charge on any atom is 0.341 e. The van der Waals surface area contributed by atoms with Crippen molar-refractivity contribution in [3.8, 4) is 5.75 Å². The first-order valence-corrected chi connectivity index (χ1v) is 11.5. The number of carboxylic acid groups (broad SMARTS) is 1. The Hall–Kier alpha value is -3.75. The summed E-state index contributed by atoms with van der Waals surface area (Å²) in [5.74, 6) is -1.98. The fourth-order valence-electron chi connectivity index (χ4n) is 4.94. The number of hydrogen-bond donors (Lipinski definition) is 4. The van der Waals surface area contributed by atoms with Crippen LogP contribution in [0.4, 0.5) is 21.5 Å². The topological polar surface area (TPSA) is 119 Å². The Morgan fingerprint density at radius 3 is 2.97 bits per heavy atom. The molecule has 1 aromatic heterocycles. The molecule has 0 amide bonds. The van der Waals surface area contributed by atoms with Gasteiger partial charge in [-0.15, -0.1) is 0 Å². The largest absolute Gasteiger partial charge is 0.487 e. The van der Waals surface area contributed by atoms with Crippen molar-refractivity contribution in [3.63, 3.8) is 0 Å². The van der Waals surface area contributed by atoms with E-state index >= 15 is 4.39 Å². The van der Waals surface area contributed by atoms with E-state index in [1.54, 1.807) is 4.57 Å². The number of benzene rings is 2. The average Bonchev–Trinajstić information content (AvgIpc) is 2.83. The van der Waals surface area contributed by atoms with Crippen LogP contribution in [0, 0.1) is 5.82 Å². The molecule has 5 rings (SSSR count). The number of para-hydroxylation sites is 1. The van der Waals surface area contributed by atoms with Gasteiger partial charge in [0.15, 0.2) is 11.6 Å². The van der Waals surface area contributed by atoms with Crippen molar-refractivity contribution in [2.24, 2.45) is 0 Å². The molecular weight excluding hydrogens is 439 g/mol. The van der Waals surface area contributed by atoms with E-state index in [-0.39, 0.29) is 35.2 Å². The van der Waals surface area contributed by atoms with Crippen molar-refractivity contribution in [2.75, 3.05) is 29.5 Å². The molecule has 0 spiro atoms. The third kappa shape index (κ3) is 3.61. The van der Waals surface area contributed by atoms with Gasteiger partial charge in [-0.3, -0.25) is 4.79 Å². The van der Waals surface area contributed by atoms with Crippen LogP contribution in [-0.2, 0) is 6.42 Å². The lowest BCUT2D eigenvalue weighted by Gasteiger charge is -2.29. The van der Waals surface area contributed by atoms with E-state index in [0.29, 0.717) is 18.1 Å². The summed E-state index contributed by atoms with van der Waals surface area (Å²) in [6.45, 7) is 2.54. The lowest BCUT2D eigenvalue weighted by molar-refractivity contribution is 0.0694. The highest BCUT2D eigenvalue weighted by atomic mass is 19.1. The van der Waals surface area contributed by atoms with Gasteiger partial charge in [0, 0.05) is 24.5 Å². The van der Waals surface area contributed by atoms with Gasteiger partial charge in [0.25, 0.3) is 0 Å². The fourth-order valence-corrected chi connectivity index (χ4v) is 4.94. The second kappa shape index (κ2) is 8.55. The molecule has 0 fully saturated rings. The first-order chi connectivity index (χ1) is 16.4. The van der Waals surface area contributed by atoms with Crippen molar-refractivity contribution in [2.45, 2.75) is 44.7 Å². The third-order valence-electron chi connectivity index (χ3n) is 6.75. The minimum Gasteiger partial charge on any atom is -0.487 e. The Balaban J connectivity index is 1.39. The Bertz CT molecular complexity index is 1350. The number of nitrogens with zero attached hydrogens (tertiary/aromatic N) is 1. The number of fused-ring (bicyclic) bond motifs is 1. The molecule has 34 heavy (non-hydrogen) atoms. The normalized spacial score (nSPS) is 18.6. The molecule has 2 aromatic carbocycles. The number of halogens is 1. The van der Waals surface area contributed by atoms with Gasteiger partial charge in [-0.05, 0) is 44.2 Å². The first kappa shape index (κ1) is 22.1. The number of anilines is 3. The van der Waals surface area contributed by atoms with Gasteiger partial charge in [0.1, 0.15) is 17.9 Å². The van der Waals surface area contributed by atoms with E-state index in [1.807, 2.05) is 19.1 Å². The highest BCUT2D eigenvalue weighted by Gasteiger charge is 2.30. The standard InChI is InChI=1S/C25H27FN4O4/c1-13-12-34-24-21(28-10-4-6-15-9-8-14-5-2-3-7-17(14)29-15)19(26)20(27)18-22(24)30(13)11-16(23(18)31)25(32)33/h2-3,5,7,11,13,15,28-29H,4,6,8-10,12,27H2,1H3,(H,32,33). The molecule has 2 aliphatic rings. The lowest BCUT2D eigenvalue weighted by Crippen LogP contribution is -2.28. The van der Waals surface area contributed by atoms with Crippen LogP contribution in [0.5, 0.6) is 5.75 Å². The molecule has 0 radical (unpaired) electrons. The zero-order chi connectivity index (χ0) is 24.0. The highest BCUT2D eigenvalue weighted by Crippen LogP contribution is 2.43. The molecule has 2 atom stereocenters. The van der Waals surface area contributed by atoms with Gasteiger partial charge < -0.3 is 30.8 Å². The Labute approximate surface area is 195 Å². The molecule has 178 valence electrons. The van der Waals surface area contributed by atoms with Crippen molar-refractivity contribution in [1.29, 1.82) is 0 Å². The second-order valence-electron chi connectivity index (χ2n) is 9.01. The van der Waals surface area contributed by atoms with Gasteiger partial charge in [-0.25, -0.2) is 9.18 Å². The monoisotopic (exact) mass is 466 g/mol. The number of nitrogen functional groups attached to an aromatic ring is 1. The minimum absolute atomic E-state index is 0.107. The van der Waals surface area contributed by atoms with Crippen LogP contribution in [0.25, 0.3) is 10.9 Å². The molecule has 0 bridgehead atoms. The van der Waals surface area contributed by atoms with Crippen LogP contribution in [-0.4, -0.2) is 34.8 Å². The predicted molar refractivity (Wildman–Crippen MR) is 130 cm³/mol. The summed E-state index contributed by atoms with van der Waals surface area (Å²) in [4.78, 5) is 24.4. The third-order valence-corrected chi connectivity index (χ3v) is 6.75. The van der Waals surface area contributed by atoms with Crippen LogP contribution < -0.4 is 26.5 Å². The van der Waals surface area contributed by atoms with E-state index in [4.69, 9.17) is 10.5 Å². The van der Waals surface area contributed by atoms with Gasteiger partial charge >= 0.3 is 5.97 Å². The Kier molecular flexibility index (Phi) is 5.55. The van der Waals surface area contributed by atoms with E-state index in [1.165, 1.54) is 17.4 Å². The summed E-state index contributed by atoms with van der Waals surface area (Å²) in [5.41, 5.74) is 7.33. The average molecular weight is 467 g/mol. The number of carbonyl (C=O) groups is 1. The van der Waals surface area contributed by atoms with E-state index in [0.717, 1.165) is 25.7 Å². The number of nitrogens with two attached hydrogens (primary N) is 1. The number of ether oxygens (including phenoxy) is 1. The molecular formula is C25H27FN4O4. The van der Waals surface area contributed by atoms with Gasteiger partial charge in [-0.2, -0.15) is 0 Å². The molecule has 0 saturated carbocycles. The first-order valence-electron chi connectivity index (χ1n) is 11.5. The predicted octanol–water partition coefficient (Wildman–Crippen LogP) is 3.99. The molecule has 3 heterocycles. The molecule has 3 aromatic rings. The molecule has 5 N–H and O–H groups in total. The highest BCUT2D eigenvalue weighted by molar-refractivity contribution is 6.03. The second-order valence-corrected chi connectivity index (χ2v) is 9.01. The summed E-state index contributed by atoms with van der Waals surface area (Å²) >= 11 is 0. The maximum absolute atomic E-state index is 15.3. The van der Waals surface area contributed by atoms with Gasteiger partial charge in [-0.1, -0.05) is 18.2 Å². The van der Waals surface area contributed by atoms with Crippen molar-refractivity contribution in [3.05, 3.63) is 57.6 Å². The molecule has 0 aliphatic carbocycles. The number of nitrogens with one attached hydrogen (secondary N) is 2. The number of rotatable bonds is 6.